The highest BCUT2D eigenvalue weighted by atomic mass is 32.1. The number of hydrogen-bond donors (Lipinski definition) is 2. The van der Waals surface area contributed by atoms with Crippen LogP contribution in [0.1, 0.15) is 47.1 Å². The highest BCUT2D eigenvalue weighted by molar-refractivity contribution is 7.10. The molecule has 2 rings (SSSR count). The van der Waals surface area contributed by atoms with Gasteiger partial charge in [-0.1, -0.05) is 38.1 Å². The molecule has 0 aliphatic heterocycles. The number of nitrogens with zero attached hydrogens (tertiary/aromatic N) is 1. The number of rotatable bonds is 9. The van der Waals surface area contributed by atoms with E-state index in [4.69, 9.17) is 0 Å². The Labute approximate surface area is 172 Å². The molecule has 0 bridgehead atoms. The third-order valence-corrected chi connectivity index (χ3v) is 5.66. The number of carbonyl (C=O) groups excluding carboxylic acids is 2. The van der Waals surface area contributed by atoms with E-state index < -0.39 is 6.04 Å². The van der Waals surface area contributed by atoms with Gasteiger partial charge in [-0.15, -0.1) is 11.3 Å². The zero-order valence-corrected chi connectivity index (χ0v) is 18.2. The van der Waals surface area contributed by atoms with Crippen molar-refractivity contribution < 1.29 is 9.59 Å². The first-order valence-corrected chi connectivity index (χ1v) is 10.5. The molecule has 1 heterocycles. The molecule has 2 amide bonds. The van der Waals surface area contributed by atoms with Crippen LogP contribution < -0.4 is 10.6 Å². The number of thiophene rings is 1. The Kier molecular flexibility index (Phi) is 8.20. The molecule has 1 aromatic carbocycles. The van der Waals surface area contributed by atoms with Crippen LogP contribution >= 0.6 is 11.3 Å². The molecule has 2 aromatic rings. The van der Waals surface area contributed by atoms with Crippen molar-refractivity contribution in [2.75, 3.05) is 20.6 Å². The van der Waals surface area contributed by atoms with Crippen LogP contribution in [0.15, 0.2) is 41.8 Å². The predicted molar refractivity (Wildman–Crippen MR) is 116 cm³/mol. The maximum absolute atomic E-state index is 12.9. The third-order valence-electron chi connectivity index (χ3n) is 4.68. The zero-order valence-electron chi connectivity index (χ0n) is 17.4. The van der Waals surface area contributed by atoms with E-state index in [2.05, 4.69) is 35.4 Å². The van der Waals surface area contributed by atoms with Gasteiger partial charge in [0.25, 0.3) is 5.91 Å². The Morgan fingerprint density at radius 3 is 2.39 bits per heavy atom. The lowest BCUT2D eigenvalue weighted by Crippen LogP contribution is -2.49. The maximum atomic E-state index is 12.9. The van der Waals surface area contributed by atoms with Crippen LogP contribution in [-0.2, 0) is 4.79 Å². The lowest BCUT2D eigenvalue weighted by Gasteiger charge is -2.26. The van der Waals surface area contributed by atoms with Crippen molar-refractivity contribution in [3.8, 4) is 0 Å². The summed E-state index contributed by atoms with van der Waals surface area (Å²) < 4.78 is 0. The fourth-order valence-electron chi connectivity index (χ4n) is 3.11. The molecule has 2 N–H and O–H groups in total. The summed E-state index contributed by atoms with van der Waals surface area (Å²) in [6, 6.07) is 11.1. The largest absolute Gasteiger partial charge is 0.352 e. The molecule has 0 saturated heterocycles. The van der Waals surface area contributed by atoms with Crippen molar-refractivity contribution in [2.24, 2.45) is 5.92 Å². The summed E-state index contributed by atoms with van der Waals surface area (Å²) in [7, 11) is 4.00. The number of nitrogens with one attached hydrogen (secondary N) is 2. The van der Waals surface area contributed by atoms with Crippen LogP contribution in [0.3, 0.4) is 0 Å². The van der Waals surface area contributed by atoms with Gasteiger partial charge in [-0.05, 0) is 56.4 Å². The first-order valence-electron chi connectivity index (χ1n) is 9.63. The summed E-state index contributed by atoms with van der Waals surface area (Å²) in [4.78, 5) is 28.9. The summed E-state index contributed by atoms with van der Waals surface area (Å²) >= 11 is 1.68. The summed E-state index contributed by atoms with van der Waals surface area (Å²) in [5.41, 5.74) is 1.50. The molecular formula is C22H31N3O2S. The van der Waals surface area contributed by atoms with Gasteiger partial charge >= 0.3 is 0 Å². The first kappa shape index (κ1) is 22.1. The summed E-state index contributed by atoms with van der Waals surface area (Å²) in [6.07, 6.45) is 0.592. The standard InChI is InChI=1S/C22H31N3O2S/c1-15(2)13-18(24-21(26)17-10-7-6-9-16(17)3)22(27)23-14-19(25(4)5)20-11-8-12-28-20/h6-12,15,18-19H,13-14H2,1-5H3,(H,23,27)(H,24,26). The Balaban J connectivity index is 2.06. The van der Waals surface area contributed by atoms with E-state index in [0.717, 1.165) is 5.56 Å². The van der Waals surface area contributed by atoms with Gasteiger partial charge in [-0.3, -0.25) is 9.59 Å². The fourth-order valence-corrected chi connectivity index (χ4v) is 4.03. The second kappa shape index (κ2) is 10.4. The van der Waals surface area contributed by atoms with Crippen molar-refractivity contribution in [1.82, 2.24) is 15.5 Å². The van der Waals surface area contributed by atoms with Crippen LogP contribution in [0.25, 0.3) is 0 Å². The van der Waals surface area contributed by atoms with Gasteiger partial charge in [0.05, 0.1) is 6.04 Å². The number of hydrogen-bond acceptors (Lipinski definition) is 4. The Hall–Kier alpha value is -2.18. The molecule has 0 radical (unpaired) electrons. The monoisotopic (exact) mass is 401 g/mol. The minimum atomic E-state index is -0.557. The molecule has 0 aliphatic rings. The molecule has 152 valence electrons. The molecule has 6 heteroatoms. The quantitative estimate of drug-likeness (QED) is 0.675. The van der Waals surface area contributed by atoms with E-state index in [0.29, 0.717) is 18.5 Å². The molecule has 5 nitrogen and oxygen atoms in total. The number of aryl methyl sites for hydroxylation is 1. The van der Waals surface area contributed by atoms with Crippen molar-refractivity contribution in [2.45, 2.75) is 39.3 Å². The molecule has 0 fully saturated rings. The van der Waals surface area contributed by atoms with Crippen LogP contribution in [-0.4, -0.2) is 43.4 Å². The molecule has 2 atom stereocenters. The normalized spacial score (nSPS) is 13.4. The average Bonchev–Trinajstić information content (AvgIpc) is 3.15. The smallest absolute Gasteiger partial charge is 0.252 e. The van der Waals surface area contributed by atoms with Gasteiger partial charge in [-0.2, -0.15) is 0 Å². The second-order valence-electron chi connectivity index (χ2n) is 7.71. The lowest BCUT2D eigenvalue weighted by molar-refractivity contribution is -0.123. The molecule has 28 heavy (non-hydrogen) atoms. The van der Waals surface area contributed by atoms with Crippen LogP contribution in [0.2, 0.25) is 0 Å². The zero-order chi connectivity index (χ0) is 20.7. The van der Waals surface area contributed by atoms with Gasteiger partial charge in [0, 0.05) is 17.0 Å². The number of amides is 2. The van der Waals surface area contributed by atoms with E-state index in [9.17, 15) is 9.59 Å². The highest BCUT2D eigenvalue weighted by Gasteiger charge is 2.24. The predicted octanol–water partition coefficient (Wildman–Crippen LogP) is 3.62. The first-order chi connectivity index (χ1) is 13.3. The minimum absolute atomic E-state index is 0.107. The fraction of sp³-hybridized carbons (Fsp3) is 0.455. The Morgan fingerprint density at radius 2 is 1.82 bits per heavy atom. The Morgan fingerprint density at radius 1 is 1.11 bits per heavy atom. The molecule has 0 spiro atoms. The maximum Gasteiger partial charge on any atom is 0.252 e. The molecular weight excluding hydrogens is 370 g/mol. The van der Waals surface area contributed by atoms with Crippen molar-refractivity contribution in [1.29, 1.82) is 0 Å². The van der Waals surface area contributed by atoms with Gasteiger partial charge in [0.2, 0.25) is 5.91 Å². The van der Waals surface area contributed by atoms with Crippen molar-refractivity contribution >= 4 is 23.2 Å². The average molecular weight is 402 g/mol. The molecule has 2 unspecified atom stereocenters. The third kappa shape index (κ3) is 6.17. The van der Waals surface area contributed by atoms with E-state index >= 15 is 0 Å². The topological polar surface area (TPSA) is 61.4 Å². The van der Waals surface area contributed by atoms with Crippen molar-refractivity contribution in [3.05, 3.63) is 57.8 Å². The van der Waals surface area contributed by atoms with Crippen molar-refractivity contribution in [3.63, 3.8) is 0 Å². The van der Waals surface area contributed by atoms with E-state index in [1.165, 1.54) is 4.88 Å². The van der Waals surface area contributed by atoms with Gasteiger partial charge in [0.15, 0.2) is 0 Å². The highest BCUT2D eigenvalue weighted by Crippen LogP contribution is 2.22. The van der Waals surface area contributed by atoms with Gasteiger partial charge in [0.1, 0.15) is 6.04 Å². The van der Waals surface area contributed by atoms with Crippen LogP contribution in [0.5, 0.6) is 0 Å². The number of likely N-dealkylation sites (N-methyl/N-ethyl adjacent to an activating group) is 1. The van der Waals surface area contributed by atoms with E-state index in [1.807, 2.05) is 50.7 Å². The van der Waals surface area contributed by atoms with Gasteiger partial charge < -0.3 is 15.5 Å². The molecule has 0 aliphatic carbocycles. The molecule has 0 saturated carbocycles. The van der Waals surface area contributed by atoms with Gasteiger partial charge in [-0.25, -0.2) is 0 Å². The Bertz CT molecular complexity index is 772. The van der Waals surface area contributed by atoms with Crippen LogP contribution in [0, 0.1) is 12.8 Å². The van der Waals surface area contributed by atoms with E-state index in [1.54, 1.807) is 17.4 Å². The summed E-state index contributed by atoms with van der Waals surface area (Å²) in [5.74, 6) is -0.0600. The SMILES string of the molecule is Cc1ccccc1C(=O)NC(CC(C)C)C(=O)NCC(c1cccs1)N(C)C. The van der Waals surface area contributed by atoms with Crippen LogP contribution in [0.4, 0.5) is 0 Å². The number of carbonyl (C=O) groups is 2. The van der Waals surface area contributed by atoms with E-state index in [-0.39, 0.29) is 23.8 Å². The molecule has 1 aromatic heterocycles. The lowest BCUT2D eigenvalue weighted by atomic mass is 10.0. The number of benzene rings is 1. The summed E-state index contributed by atoms with van der Waals surface area (Å²) in [5, 5.41) is 8.01. The summed E-state index contributed by atoms with van der Waals surface area (Å²) in [6.45, 7) is 6.50. The minimum Gasteiger partial charge on any atom is -0.352 e. The second-order valence-corrected chi connectivity index (χ2v) is 8.69.